The molecule has 2 saturated carbocycles. The number of carbonyl (C=O) groups excluding carboxylic acids is 1. The van der Waals surface area contributed by atoms with E-state index in [0.717, 1.165) is 21.8 Å². The van der Waals surface area contributed by atoms with E-state index in [4.69, 9.17) is 0 Å². The Hall–Kier alpha value is -0.480. The van der Waals surface area contributed by atoms with Crippen molar-refractivity contribution in [2.75, 3.05) is 6.54 Å². The van der Waals surface area contributed by atoms with Gasteiger partial charge in [0, 0.05) is 15.9 Å². The Morgan fingerprint density at radius 2 is 2.17 bits per heavy atom. The molecule has 0 saturated heterocycles. The molecular formula is C14H16BrNOS. The Morgan fingerprint density at radius 3 is 2.78 bits per heavy atom. The molecule has 0 radical (unpaired) electrons. The van der Waals surface area contributed by atoms with Crippen molar-refractivity contribution in [3.05, 3.63) is 28.2 Å². The second-order valence-corrected chi connectivity index (χ2v) is 6.85. The van der Waals surface area contributed by atoms with E-state index in [1.54, 1.807) is 6.07 Å². The minimum absolute atomic E-state index is 0.00435. The van der Waals surface area contributed by atoms with Crippen LogP contribution in [0.25, 0.3) is 0 Å². The first-order valence-electron chi connectivity index (χ1n) is 6.37. The first-order valence-corrected chi connectivity index (χ1v) is 7.61. The molecule has 0 unspecified atom stereocenters. The van der Waals surface area contributed by atoms with Crippen LogP contribution in [0.4, 0.5) is 0 Å². The van der Waals surface area contributed by atoms with Gasteiger partial charge < -0.3 is 5.32 Å². The van der Waals surface area contributed by atoms with Gasteiger partial charge in [-0.05, 0) is 71.1 Å². The van der Waals surface area contributed by atoms with Crippen molar-refractivity contribution in [2.24, 2.45) is 11.3 Å². The summed E-state index contributed by atoms with van der Waals surface area (Å²) in [5.41, 5.74) is 1.12. The molecule has 1 amide bonds. The molecule has 1 aromatic rings. The third-order valence-corrected chi connectivity index (χ3v) is 5.10. The summed E-state index contributed by atoms with van der Waals surface area (Å²) in [6.45, 7) is 0.833. The number of hydrogen-bond donors (Lipinski definition) is 2. The molecule has 2 aliphatic rings. The Balaban J connectivity index is 1.65. The number of rotatable bonds is 4. The molecule has 0 spiro atoms. The summed E-state index contributed by atoms with van der Waals surface area (Å²) in [6.07, 6.45) is 5.27. The molecular weight excluding hydrogens is 310 g/mol. The standard InChI is InChI=1S/C14H16BrNOS/c15-12-4-3-10(18)7-11(12)13(17)16-8-14(5-6-14)9-1-2-9/h3-4,7,9,18H,1-2,5-6,8H2,(H,16,17). The summed E-state index contributed by atoms with van der Waals surface area (Å²) in [4.78, 5) is 13.0. The minimum atomic E-state index is 0.00435. The highest BCUT2D eigenvalue weighted by atomic mass is 79.9. The zero-order chi connectivity index (χ0) is 12.8. The predicted octanol–water partition coefficient (Wildman–Crippen LogP) is 3.66. The molecule has 18 heavy (non-hydrogen) atoms. The lowest BCUT2D eigenvalue weighted by atomic mass is 10.0. The Morgan fingerprint density at radius 1 is 1.44 bits per heavy atom. The molecule has 0 aliphatic heterocycles. The van der Waals surface area contributed by atoms with E-state index < -0.39 is 0 Å². The van der Waals surface area contributed by atoms with E-state index in [1.165, 1.54) is 25.7 Å². The summed E-state index contributed by atoms with van der Waals surface area (Å²) in [5.74, 6) is 0.877. The van der Waals surface area contributed by atoms with Crippen molar-refractivity contribution in [1.82, 2.24) is 5.32 Å². The van der Waals surface area contributed by atoms with E-state index in [-0.39, 0.29) is 5.91 Å². The molecule has 0 aromatic heterocycles. The van der Waals surface area contributed by atoms with Crippen LogP contribution in [0, 0.1) is 11.3 Å². The van der Waals surface area contributed by atoms with Crippen LogP contribution in [0.2, 0.25) is 0 Å². The van der Waals surface area contributed by atoms with Crippen molar-refractivity contribution in [3.63, 3.8) is 0 Å². The molecule has 2 aliphatic carbocycles. The van der Waals surface area contributed by atoms with Crippen LogP contribution in [0.15, 0.2) is 27.6 Å². The highest BCUT2D eigenvalue weighted by Gasteiger charge is 2.53. The highest BCUT2D eigenvalue weighted by molar-refractivity contribution is 9.10. The minimum Gasteiger partial charge on any atom is -0.351 e. The van der Waals surface area contributed by atoms with Crippen LogP contribution in [-0.2, 0) is 0 Å². The van der Waals surface area contributed by atoms with Crippen LogP contribution in [0.1, 0.15) is 36.0 Å². The normalized spacial score (nSPS) is 20.6. The third-order valence-electron chi connectivity index (χ3n) is 4.13. The van der Waals surface area contributed by atoms with Gasteiger partial charge in [0.1, 0.15) is 0 Å². The summed E-state index contributed by atoms with van der Waals surface area (Å²) in [6, 6.07) is 5.54. The van der Waals surface area contributed by atoms with E-state index >= 15 is 0 Å². The van der Waals surface area contributed by atoms with E-state index in [1.807, 2.05) is 12.1 Å². The van der Waals surface area contributed by atoms with Crippen molar-refractivity contribution < 1.29 is 4.79 Å². The number of amides is 1. The third kappa shape index (κ3) is 2.45. The first-order chi connectivity index (χ1) is 8.61. The summed E-state index contributed by atoms with van der Waals surface area (Å²) < 4.78 is 0.828. The topological polar surface area (TPSA) is 29.1 Å². The maximum Gasteiger partial charge on any atom is 0.252 e. The lowest BCUT2D eigenvalue weighted by Crippen LogP contribution is -2.31. The lowest BCUT2D eigenvalue weighted by Gasteiger charge is -2.15. The van der Waals surface area contributed by atoms with Crippen LogP contribution in [0.3, 0.4) is 0 Å². The maximum absolute atomic E-state index is 12.2. The van der Waals surface area contributed by atoms with Crippen molar-refractivity contribution in [3.8, 4) is 0 Å². The maximum atomic E-state index is 12.2. The second-order valence-electron chi connectivity index (χ2n) is 5.48. The van der Waals surface area contributed by atoms with Gasteiger partial charge in [0.25, 0.3) is 5.91 Å². The van der Waals surface area contributed by atoms with Gasteiger partial charge in [-0.25, -0.2) is 0 Å². The van der Waals surface area contributed by atoms with Gasteiger partial charge in [0.05, 0.1) is 5.56 Å². The zero-order valence-electron chi connectivity index (χ0n) is 10.1. The number of benzene rings is 1. The monoisotopic (exact) mass is 325 g/mol. The van der Waals surface area contributed by atoms with Gasteiger partial charge in [0.15, 0.2) is 0 Å². The van der Waals surface area contributed by atoms with E-state index in [2.05, 4.69) is 33.9 Å². The first kappa shape index (κ1) is 12.5. The number of carbonyl (C=O) groups is 1. The van der Waals surface area contributed by atoms with E-state index in [9.17, 15) is 4.79 Å². The molecule has 96 valence electrons. The van der Waals surface area contributed by atoms with Crippen LogP contribution >= 0.6 is 28.6 Å². The Kier molecular flexibility index (Phi) is 3.18. The van der Waals surface area contributed by atoms with Crippen LogP contribution in [-0.4, -0.2) is 12.5 Å². The highest BCUT2D eigenvalue weighted by Crippen LogP contribution is 2.60. The molecule has 2 fully saturated rings. The average molecular weight is 326 g/mol. The van der Waals surface area contributed by atoms with Gasteiger partial charge >= 0.3 is 0 Å². The van der Waals surface area contributed by atoms with Gasteiger partial charge in [0.2, 0.25) is 0 Å². The largest absolute Gasteiger partial charge is 0.351 e. The molecule has 0 heterocycles. The average Bonchev–Trinajstić information content (AvgIpc) is 3.21. The molecule has 2 nitrogen and oxygen atoms in total. The second kappa shape index (κ2) is 4.57. The quantitative estimate of drug-likeness (QED) is 0.813. The van der Waals surface area contributed by atoms with Crippen LogP contribution in [0.5, 0.6) is 0 Å². The van der Waals surface area contributed by atoms with E-state index in [0.29, 0.717) is 11.0 Å². The zero-order valence-corrected chi connectivity index (χ0v) is 12.6. The fraction of sp³-hybridized carbons (Fsp3) is 0.500. The summed E-state index contributed by atoms with van der Waals surface area (Å²) >= 11 is 7.69. The lowest BCUT2D eigenvalue weighted by molar-refractivity contribution is 0.0941. The fourth-order valence-electron chi connectivity index (χ4n) is 2.62. The molecule has 1 aromatic carbocycles. The molecule has 1 N–H and O–H groups in total. The van der Waals surface area contributed by atoms with Gasteiger partial charge in [-0.15, -0.1) is 12.6 Å². The van der Waals surface area contributed by atoms with Crippen molar-refractivity contribution in [1.29, 1.82) is 0 Å². The molecule has 0 bridgehead atoms. The molecule has 4 heteroatoms. The number of halogens is 1. The number of nitrogens with one attached hydrogen (secondary N) is 1. The Bertz CT molecular complexity index is 495. The van der Waals surface area contributed by atoms with Gasteiger partial charge in [-0.3, -0.25) is 4.79 Å². The molecule has 3 rings (SSSR count). The SMILES string of the molecule is O=C(NCC1(C2CC2)CC1)c1cc(S)ccc1Br. The van der Waals surface area contributed by atoms with Gasteiger partial charge in [-0.1, -0.05) is 0 Å². The fourth-order valence-corrected chi connectivity index (χ4v) is 3.25. The Labute approximate surface area is 121 Å². The van der Waals surface area contributed by atoms with Crippen LogP contribution < -0.4 is 5.32 Å². The van der Waals surface area contributed by atoms with Gasteiger partial charge in [-0.2, -0.15) is 0 Å². The van der Waals surface area contributed by atoms with Crippen molar-refractivity contribution >= 4 is 34.5 Å². The number of thiol groups is 1. The predicted molar refractivity (Wildman–Crippen MR) is 78.1 cm³/mol. The van der Waals surface area contributed by atoms with Crippen molar-refractivity contribution in [2.45, 2.75) is 30.6 Å². The summed E-state index contributed by atoms with van der Waals surface area (Å²) in [5, 5.41) is 3.09. The summed E-state index contributed by atoms with van der Waals surface area (Å²) in [7, 11) is 0. The molecule has 0 atom stereocenters. The number of hydrogen-bond acceptors (Lipinski definition) is 2. The smallest absolute Gasteiger partial charge is 0.252 e.